The van der Waals surface area contributed by atoms with Crippen molar-refractivity contribution in [2.45, 2.75) is 31.1 Å². The molecule has 1 amide bonds. The number of benzene rings is 1. The molecule has 0 unspecified atom stereocenters. The number of carbonyl (C=O) groups is 1. The van der Waals surface area contributed by atoms with E-state index in [1.54, 1.807) is 4.90 Å². The quantitative estimate of drug-likeness (QED) is 0.890. The number of aromatic nitrogens is 1. The summed E-state index contributed by atoms with van der Waals surface area (Å²) in [5.74, 6) is -0.0667. The number of nitrogens with two attached hydrogens (primary N) is 1. The van der Waals surface area contributed by atoms with Crippen LogP contribution in [0.5, 0.6) is 0 Å². The van der Waals surface area contributed by atoms with Gasteiger partial charge in [0.15, 0.2) is 0 Å². The second kappa shape index (κ2) is 6.78. The van der Waals surface area contributed by atoms with Gasteiger partial charge in [-0.25, -0.2) is 13.6 Å². The Bertz CT molecular complexity index is 815. The Hall–Kier alpha value is -2.12. The number of nitrogens with zero attached hydrogens (tertiary/aromatic N) is 2. The molecule has 3 rings (SSSR count). The first-order chi connectivity index (χ1) is 11.4. The van der Waals surface area contributed by atoms with Crippen molar-refractivity contribution >= 4 is 21.6 Å². The molecule has 2 aromatic rings. The van der Waals surface area contributed by atoms with Gasteiger partial charge in [-0.15, -0.1) is 0 Å². The largest absolute Gasteiger partial charge is 0.354 e. The maximum absolute atomic E-state index is 12.6. The lowest BCUT2D eigenvalue weighted by Gasteiger charge is -2.33. The van der Waals surface area contributed by atoms with E-state index in [4.69, 9.17) is 5.14 Å². The first-order valence-electron chi connectivity index (χ1n) is 7.96. The Balaban J connectivity index is 1.73. The summed E-state index contributed by atoms with van der Waals surface area (Å²) in [6.45, 7) is 0.880. The first kappa shape index (κ1) is 16.7. The standard InChI is InChI=1S/C17H21N3O3S/c18-24(22,23)15-12-14-6-1-2-7-16(14)20(13-15)17(21)8-5-11-19-9-3-4-10-19/h1-4,6-7,9-10,15H,5,8,11-13H2,(H2,18,22,23)/t15-/m1/s1. The van der Waals surface area contributed by atoms with E-state index < -0.39 is 15.3 Å². The average Bonchev–Trinajstić information content (AvgIpc) is 3.06. The molecule has 0 fully saturated rings. The predicted octanol–water partition coefficient (Wildman–Crippen LogP) is 1.51. The van der Waals surface area contributed by atoms with E-state index in [1.165, 1.54) is 0 Å². The number of primary sulfonamides is 1. The van der Waals surface area contributed by atoms with Crippen molar-refractivity contribution in [3.05, 3.63) is 54.4 Å². The molecule has 0 saturated heterocycles. The Morgan fingerprint density at radius 1 is 1.17 bits per heavy atom. The monoisotopic (exact) mass is 347 g/mol. The molecule has 2 heterocycles. The first-order valence-corrected chi connectivity index (χ1v) is 9.57. The smallest absolute Gasteiger partial charge is 0.227 e. The van der Waals surface area contributed by atoms with Gasteiger partial charge >= 0.3 is 0 Å². The number of hydrogen-bond donors (Lipinski definition) is 1. The van der Waals surface area contributed by atoms with Crippen LogP contribution in [0, 0.1) is 0 Å². The van der Waals surface area contributed by atoms with Crippen molar-refractivity contribution in [3.8, 4) is 0 Å². The lowest BCUT2D eigenvalue weighted by atomic mass is 10.0. The van der Waals surface area contributed by atoms with E-state index in [9.17, 15) is 13.2 Å². The highest BCUT2D eigenvalue weighted by molar-refractivity contribution is 7.89. The minimum absolute atomic E-state index is 0.0667. The molecule has 0 spiro atoms. The molecule has 1 aliphatic heterocycles. The van der Waals surface area contributed by atoms with Crippen LogP contribution in [0.25, 0.3) is 0 Å². The van der Waals surface area contributed by atoms with E-state index in [1.807, 2.05) is 53.4 Å². The van der Waals surface area contributed by atoms with Crippen LogP contribution >= 0.6 is 0 Å². The predicted molar refractivity (Wildman–Crippen MR) is 93.1 cm³/mol. The summed E-state index contributed by atoms with van der Waals surface area (Å²) >= 11 is 0. The van der Waals surface area contributed by atoms with Crippen molar-refractivity contribution in [2.24, 2.45) is 5.14 Å². The van der Waals surface area contributed by atoms with Crippen molar-refractivity contribution < 1.29 is 13.2 Å². The zero-order chi connectivity index (χ0) is 17.2. The van der Waals surface area contributed by atoms with Gasteiger partial charge < -0.3 is 9.47 Å². The summed E-state index contributed by atoms with van der Waals surface area (Å²) in [5.41, 5.74) is 1.64. The molecule has 1 atom stereocenters. The van der Waals surface area contributed by atoms with Crippen molar-refractivity contribution in [2.75, 3.05) is 11.4 Å². The van der Waals surface area contributed by atoms with Crippen LogP contribution in [0.1, 0.15) is 18.4 Å². The SMILES string of the molecule is NS(=O)(=O)[C@@H]1Cc2ccccc2N(C(=O)CCCn2cccc2)C1. The fraction of sp³-hybridized carbons (Fsp3) is 0.353. The highest BCUT2D eigenvalue weighted by Gasteiger charge is 2.33. The summed E-state index contributed by atoms with van der Waals surface area (Å²) in [6, 6.07) is 11.3. The van der Waals surface area contributed by atoms with Gasteiger partial charge in [0.25, 0.3) is 0 Å². The third-order valence-corrected chi connectivity index (χ3v) is 5.60. The number of fused-ring (bicyclic) bond motifs is 1. The van der Waals surface area contributed by atoms with Crippen LogP contribution in [0.3, 0.4) is 0 Å². The molecule has 1 aliphatic rings. The molecule has 6 nitrogen and oxygen atoms in total. The Morgan fingerprint density at radius 3 is 2.58 bits per heavy atom. The van der Waals surface area contributed by atoms with Gasteiger partial charge in [0.2, 0.25) is 15.9 Å². The summed E-state index contributed by atoms with van der Waals surface area (Å²) in [7, 11) is -3.69. The van der Waals surface area contributed by atoms with Crippen LogP contribution in [-0.4, -0.2) is 30.7 Å². The average molecular weight is 347 g/mol. The van der Waals surface area contributed by atoms with Crippen LogP contribution in [0.4, 0.5) is 5.69 Å². The molecular weight excluding hydrogens is 326 g/mol. The minimum Gasteiger partial charge on any atom is -0.354 e. The molecule has 1 aromatic heterocycles. The van der Waals surface area contributed by atoms with Gasteiger partial charge in [0.05, 0.1) is 5.25 Å². The van der Waals surface area contributed by atoms with Gasteiger partial charge in [-0.2, -0.15) is 0 Å². The lowest BCUT2D eigenvalue weighted by Crippen LogP contribution is -2.47. The van der Waals surface area contributed by atoms with Gasteiger partial charge in [-0.05, 0) is 36.6 Å². The Kier molecular flexibility index (Phi) is 4.73. The number of anilines is 1. The van der Waals surface area contributed by atoms with Crippen LogP contribution < -0.4 is 10.0 Å². The molecule has 0 saturated carbocycles. The third kappa shape index (κ3) is 3.68. The molecule has 24 heavy (non-hydrogen) atoms. The Labute approximate surface area is 141 Å². The lowest BCUT2D eigenvalue weighted by molar-refractivity contribution is -0.118. The number of sulfonamides is 1. The van der Waals surface area contributed by atoms with Crippen molar-refractivity contribution in [1.29, 1.82) is 0 Å². The number of para-hydroxylation sites is 1. The summed E-state index contributed by atoms with van der Waals surface area (Å²) < 4.78 is 25.6. The maximum Gasteiger partial charge on any atom is 0.227 e. The minimum atomic E-state index is -3.69. The molecular formula is C17H21N3O3S. The van der Waals surface area contributed by atoms with Crippen LogP contribution in [0.15, 0.2) is 48.8 Å². The topological polar surface area (TPSA) is 85.4 Å². The van der Waals surface area contributed by atoms with Crippen LogP contribution in [-0.2, 0) is 27.8 Å². The molecule has 7 heteroatoms. The van der Waals surface area contributed by atoms with Crippen molar-refractivity contribution in [1.82, 2.24) is 4.57 Å². The van der Waals surface area contributed by atoms with E-state index in [0.29, 0.717) is 19.3 Å². The van der Waals surface area contributed by atoms with Gasteiger partial charge in [-0.3, -0.25) is 4.79 Å². The van der Waals surface area contributed by atoms with Gasteiger partial charge in [-0.1, -0.05) is 18.2 Å². The molecule has 0 bridgehead atoms. The van der Waals surface area contributed by atoms with Crippen LogP contribution in [0.2, 0.25) is 0 Å². The zero-order valence-electron chi connectivity index (χ0n) is 13.3. The second-order valence-corrected chi connectivity index (χ2v) is 7.92. The fourth-order valence-corrected chi connectivity index (χ4v) is 3.85. The molecule has 2 N–H and O–H groups in total. The molecule has 0 radical (unpaired) electrons. The van der Waals surface area contributed by atoms with E-state index >= 15 is 0 Å². The number of hydrogen-bond acceptors (Lipinski definition) is 3. The summed E-state index contributed by atoms with van der Waals surface area (Å²) in [6.07, 6.45) is 5.33. The second-order valence-electron chi connectivity index (χ2n) is 6.07. The highest BCUT2D eigenvalue weighted by Crippen LogP contribution is 2.29. The number of rotatable bonds is 5. The normalized spacial score (nSPS) is 17.5. The number of aryl methyl sites for hydroxylation is 1. The van der Waals surface area contributed by atoms with Crippen molar-refractivity contribution in [3.63, 3.8) is 0 Å². The Morgan fingerprint density at radius 2 is 1.88 bits per heavy atom. The van der Waals surface area contributed by atoms with E-state index in [2.05, 4.69) is 0 Å². The fourth-order valence-electron chi connectivity index (χ4n) is 3.08. The third-order valence-electron chi connectivity index (χ3n) is 4.36. The molecule has 0 aliphatic carbocycles. The molecule has 1 aromatic carbocycles. The van der Waals surface area contributed by atoms with E-state index in [0.717, 1.165) is 17.8 Å². The van der Waals surface area contributed by atoms with Gasteiger partial charge in [0.1, 0.15) is 0 Å². The molecule has 128 valence electrons. The maximum atomic E-state index is 12.6. The number of carbonyl (C=O) groups excluding carboxylic acids is 1. The number of amides is 1. The van der Waals surface area contributed by atoms with Gasteiger partial charge in [0, 0.05) is 37.6 Å². The highest BCUT2D eigenvalue weighted by atomic mass is 32.2. The van der Waals surface area contributed by atoms with E-state index in [-0.39, 0.29) is 12.5 Å². The zero-order valence-corrected chi connectivity index (χ0v) is 14.2. The summed E-state index contributed by atoms with van der Waals surface area (Å²) in [4.78, 5) is 14.2. The summed E-state index contributed by atoms with van der Waals surface area (Å²) in [5, 5.41) is 4.58.